The van der Waals surface area contributed by atoms with E-state index in [1.165, 1.54) is 0 Å². The van der Waals surface area contributed by atoms with Crippen molar-refractivity contribution in [1.29, 1.82) is 0 Å². The average molecular weight is 402 g/mol. The molecule has 0 saturated heterocycles. The van der Waals surface area contributed by atoms with Gasteiger partial charge in [0.05, 0.1) is 28.0 Å². The highest BCUT2D eigenvalue weighted by Gasteiger charge is 2.35. The maximum absolute atomic E-state index is 9.76. The van der Waals surface area contributed by atoms with E-state index < -0.39 is 0 Å². The van der Waals surface area contributed by atoms with Gasteiger partial charge in [0.25, 0.3) is 0 Å². The van der Waals surface area contributed by atoms with E-state index in [1.54, 1.807) is 30.6 Å². The van der Waals surface area contributed by atoms with Gasteiger partial charge in [-0.05, 0) is 24.3 Å². The molecule has 0 amide bonds. The lowest BCUT2D eigenvalue weighted by Crippen LogP contribution is -2.28. The molecular formula is C19H17Cl2N5O. The number of anilines is 3. The standard InChI is InChI=1S/C19H17Cl2N5O/c1-19(10-27)9-24-17-12(19)7-11(8-23-17)14-5-6-22-18(25-14)26-15-4-2-3-13(20)16(15)21/h2-8,27H,9-10H2,1H3,(H,23,24)(H,22,25,26). The molecule has 0 radical (unpaired) electrons. The lowest BCUT2D eigenvalue weighted by atomic mass is 9.85. The molecule has 27 heavy (non-hydrogen) atoms. The van der Waals surface area contributed by atoms with Crippen LogP contribution in [0.2, 0.25) is 10.0 Å². The number of hydrogen-bond donors (Lipinski definition) is 3. The largest absolute Gasteiger partial charge is 0.395 e. The molecule has 2 aromatic heterocycles. The molecule has 8 heteroatoms. The summed E-state index contributed by atoms with van der Waals surface area (Å²) in [6, 6.07) is 9.14. The number of nitrogens with zero attached hydrogens (tertiary/aromatic N) is 3. The summed E-state index contributed by atoms with van der Waals surface area (Å²) in [7, 11) is 0. The zero-order valence-electron chi connectivity index (χ0n) is 14.5. The Morgan fingerprint density at radius 1 is 1.26 bits per heavy atom. The van der Waals surface area contributed by atoms with Crippen molar-refractivity contribution in [2.45, 2.75) is 12.3 Å². The quantitative estimate of drug-likeness (QED) is 0.605. The van der Waals surface area contributed by atoms with Crippen LogP contribution in [0.3, 0.4) is 0 Å². The molecule has 0 saturated carbocycles. The van der Waals surface area contributed by atoms with Crippen LogP contribution in [0.4, 0.5) is 17.5 Å². The molecule has 3 heterocycles. The molecule has 1 aliphatic rings. The third kappa shape index (κ3) is 3.32. The molecule has 0 spiro atoms. The highest BCUT2D eigenvalue weighted by molar-refractivity contribution is 6.43. The first-order valence-electron chi connectivity index (χ1n) is 8.40. The smallest absolute Gasteiger partial charge is 0.227 e. The number of nitrogens with one attached hydrogen (secondary N) is 2. The Balaban J connectivity index is 1.68. The molecular weight excluding hydrogens is 385 g/mol. The minimum atomic E-state index is -0.360. The summed E-state index contributed by atoms with van der Waals surface area (Å²) in [5.74, 6) is 1.20. The zero-order chi connectivity index (χ0) is 19.0. The molecule has 1 unspecified atom stereocenters. The predicted molar refractivity (Wildman–Crippen MR) is 108 cm³/mol. The van der Waals surface area contributed by atoms with Gasteiger partial charge in [0.1, 0.15) is 5.82 Å². The second-order valence-corrected chi connectivity index (χ2v) is 7.47. The zero-order valence-corrected chi connectivity index (χ0v) is 16.0. The van der Waals surface area contributed by atoms with E-state index in [2.05, 4.69) is 25.6 Å². The Bertz CT molecular complexity index is 1010. The van der Waals surface area contributed by atoms with Gasteiger partial charge in [-0.25, -0.2) is 15.0 Å². The summed E-state index contributed by atoms with van der Waals surface area (Å²) in [6.45, 7) is 2.70. The molecule has 1 atom stereocenters. The Kier molecular flexibility index (Phi) is 4.63. The highest BCUT2D eigenvalue weighted by atomic mass is 35.5. The normalized spacial score (nSPS) is 18.1. The number of hydrogen-bond acceptors (Lipinski definition) is 6. The minimum absolute atomic E-state index is 0.0436. The van der Waals surface area contributed by atoms with E-state index in [0.717, 1.165) is 16.9 Å². The van der Waals surface area contributed by atoms with Gasteiger partial charge in [-0.15, -0.1) is 0 Å². The first-order chi connectivity index (χ1) is 13.0. The van der Waals surface area contributed by atoms with E-state index in [-0.39, 0.29) is 12.0 Å². The lowest BCUT2D eigenvalue weighted by Gasteiger charge is -2.20. The van der Waals surface area contributed by atoms with Gasteiger partial charge in [0, 0.05) is 35.5 Å². The van der Waals surface area contributed by atoms with E-state index >= 15 is 0 Å². The van der Waals surface area contributed by atoms with Gasteiger partial charge < -0.3 is 15.7 Å². The summed E-state index contributed by atoms with van der Waals surface area (Å²) >= 11 is 12.3. The van der Waals surface area contributed by atoms with Crippen LogP contribution >= 0.6 is 23.2 Å². The fourth-order valence-corrected chi connectivity index (χ4v) is 3.37. The van der Waals surface area contributed by atoms with Crippen molar-refractivity contribution >= 4 is 40.7 Å². The summed E-state index contributed by atoms with van der Waals surface area (Å²) in [5.41, 5.74) is 2.81. The van der Waals surface area contributed by atoms with Crippen molar-refractivity contribution in [3.05, 3.63) is 58.3 Å². The van der Waals surface area contributed by atoms with Crippen LogP contribution in [-0.4, -0.2) is 33.2 Å². The fraction of sp³-hybridized carbons (Fsp3) is 0.211. The van der Waals surface area contributed by atoms with E-state index in [0.29, 0.717) is 33.9 Å². The molecule has 1 aromatic carbocycles. The maximum Gasteiger partial charge on any atom is 0.227 e. The summed E-state index contributed by atoms with van der Waals surface area (Å²) in [5, 5.41) is 17.0. The van der Waals surface area contributed by atoms with Crippen LogP contribution in [-0.2, 0) is 5.41 Å². The van der Waals surface area contributed by atoms with E-state index in [1.807, 2.05) is 19.1 Å². The molecule has 0 aliphatic carbocycles. The summed E-state index contributed by atoms with van der Waals surface area (Å²) in [6.07, 6.45) is 3.42. The molecule has 4 rings (SSSR count). The SMILES string of the molecule is CC1(CO)CNc2ncc(-c3ccnc(Nc4cccc(Cl)c4Cl)n3)cc21. The molecule has 1 aliphatic heterocycles. The minimum Gasteiger partial charge on any atom is -0.395 e. The number of rotatable bonds is 4. The predicted octanol–water partition coefficient (Wildman–Crippen LogP) is 4.26. The van der Waals surface area contributed by atoms with Gasteiger partial charge in [-0.3, -0.25) is 0 Å². The number of aliphatic hydroxyl groups is 1. The topological polar surface area (TPSA) is 83.0 Å². The number of halogens is 2. The van der Waals surface area contributed by atoms with Crippen molar-refractivity contribution in [3.63, 3.8) is 0 Å². The van der Waals surface area contributed by atoms with E-state index in [9.17, 15) is 5.11 Å². The third-order valence-electron chi connectivity index (χ3n) is 4.68. The van der Waals surface area contributed by atoms with Crippen molar-refractivity contribution in [3.8, 4) is 11.3 Å². The first kappa shape index (κ1) is 18.0. The number of benzene rings is 1. The van der Waals surface area contributed by atoms with Crippen LogP contribution in [0.15, 0.2) is 42.7 Å². The molecule has 0 bridgehead atoms. The van der Waals surface area contributed by atoms with Crippen LogP contribution in [0.1, 0.15) is 12.5 Å². The average Bonchev–Trinajstić information content (AvgIpc) is 3.03. The Labute approximate surface area is 166 Å². The Morgan fingerprint density at radius 2 is 2.11 bits per heavy atom. The second kappa shape index (κ2) is 6.96. The second-order valence-electron chi connectivity index (χ2n) is 6.68. The highest BCUT2D eigenvalue weighted by Crippen LogP contribution is 2.37. The number of aliphatic hydroxyl groups excluding tert-OH is 1. The van der Waals surface area contributed by atoms with Crippen LogP contribution in [0.25, 0.3) is 11.3 Å². The maximum atomic E-state index is 9.76. The number of pyridine rings is 1. The van der Waals surface area contributed by atoms with Crippen molar-refractivity contribution < 1.29 is 5.11 Å². The van der Waals surface area contributed by atoms with Crippen LogP contribution in [0, 0.1) is 0 Å². The first-order valence-corrected chi connectivity index (χ1v) is 9.15. The molecule has 138 valence electrons. The monoisotopic (exact) mass is 401 g/mol. The molecule has 3 aromatic rings. The third-order valence-corrected chi connectivity index (χ3v) is 5.50. The van der Waals surface area contributed by atoms with Gasteiger partial charge in [-0.1, -0.05) is 36.2 Å². The summed E-state index contributed by atoms with van der Waals surface area (Å²) in [4.78, 5) is 13.3. The van der Waals surface area contributed by atoms with Gasteiger partial charge in [0.15, 0.2) is 0 Å². The molecule has 0 fully saturated rings. The lowest BCUT2D eigenvalue weighted by molar-refractivity contribution is 0.218. The van der Waals surface area contributed by atoms with Gasteiger partial charge in [0.2, 0.25) is 5.95 Å². The molecule has 6 nitrogen and oxygen atoms in total. The summed E-state index contributed by atoms with van der Waals surface area (Å²) < 4.78 is 0. The van der Waals surface area contributed by atoms with Gasteiger partial charge >= 0.3 is 0 Å². The fourth-order valence-electron chi connectivity index (χ4n) is 3.02. The number of fused-ring (bicyclic) bond motifs is 1. The van der Waals surface area contributed by atoms with Crippen molar-refractivity contribution in [2.75, 3.05) is 23.8 Å². The van der Waals surface area contributed by atoms with E-state index in [4.69, 9.17) is 23.2 Å². The van der Waals surface area contributed by atoms with Gasteiger partial charge in [-0.2, -0.15) is 0 Å². The Morgan fingerprint density at radius 3 is 2.93 bits per heavy atom. The van der Waals surface area contributed by atoms with Crippen LogP contribution in [0.5, 0.6) is 0 Å². The number of aromatic nitrogens is 3. The Hall–Kier alpha value is -2.41. The van der Waals surface area contributed by atoms with Crippen molar-refractivity contribution in [2.24, 2.45) is 0 Å². The van der Waals surface area contributed by atoms with Crippen LogP contribution < -0.4 is 10.6 Å². The van der Waals surface area contributed by atoms with Crippen molar-refractivity contribution in [1.82, 2.24) is 15.0 Å². The molecule has 3 N–H and O–H groups in total.